The molecule has 0 saturated carbocycles. The fourth-order valence-corrected chi connectivity index (χ4v) is 5.94. The van der Waals surface area contributed by atoms with Crippen LogP contribution in [0.15, 0.2) is 30.3 Å². The Kier molecular flexibility index (Phi) is 6.24. The minimum absolute atomic E-state index is 0.0940. The second-order valence-corrected chi connectivity index (χ2v) is 9.26. The lowest BCUT2D eigenvalue weighted by Gasteiger charge is -2.55. The average Bonchev–Trinajstić information content (AvgIpc) is 2.92. The van der Waals surface area contributed by atoms with Gasteiger partial charge in [0.1, 0.15) is 11.8 Å². The largest absolute Gasteiger partial charge is 0.497 e. The summed E-state index contributed by atoms with van der Waals surface area (Å²) in [5.74, 6) is 0.165. The molecule has 3 atom stereocenters. The summed E-state index contributed by atoms with van der Waals surface area (Å²) >= 11 is 0. The molecule has 0 N–H and O–H groups in total. The summed E-state index contributed by atoms with van der Waals surface area (Å²) < 4.78 is 21.5. The predicted octanol–water partition coefficient (Wildman–Crippen LogP) is 2.79. The van der Waals surface area contributed by atoms with Crippen LogP contribution in [-0.2, 0) is 16.0 Å². The molecule has 36 heavy (non-hydrogen) atoms. The molecule has 2 fully saturated rings. The van der Waals surface area contributed by atoms with Crippen molar-refractivity contribution < 1.29 is 33.3 Å². The molecule has 1 unspecified atom stereocenters. The third-order valence-corrected chi connectivity index (χ3v) is 7.59. The van der Waals surface area contributed by atoms with Gasteiger partial charge in [-0.1, -0.05) is 6.07 Å². The van der Waals surface area contributed by atoms with E-state index in [0.717, 1.165) is 29.7 Å². The van der Waals surface area contributed by atoms with E-state index in [1.165, 1.54) is 38.4 Å². The fraction of sp³-hybridized carbons (Fsp3) is 0.444. The maximum absolute atomic E-state index is 13.8. The maximum Gasteiger partial charge on any atom is 0.295 e. The summed E-state index contributed by atoms with van der Waals surface area (Å²) in [6.45, 7) is 0.583. The summed E-state index contributed by atoms with van der Waals surface area (Å²) in [5.41, 5.74) is 2.24. The van der Waals surface area contributed by atoms with Crippen molar-refractivity contribution in [3.63, 3.8) is 0 Å². The second kappa shape index (κ2) is 9.37. The lowest BCUT2D eigenvalue weighted by Crippen LogP contribution is -2.68. The lowest BCUT2D eigenvalue weighted by molar-refractivity contribution is -0.164. The molecule has 3 aliphatic heterocycles. The molecule has 9 nitrogen and oxygen atoms in total. The number of carbonyl (C=O) groups excluding carboxylic acids is 3. The second-order valence-electron chi connectivity index (χ2n) is 9.26. The van der Waals surface area contributed by atoms with Crippen LogP contribution in [0.2, 0.25) is 0 Å². The van der Waals surface area contributed by atoms with E-state index in [2.05, 4.69) is 0 Å². The van der Waals surface area contributed by atoms with Crippen LogP contribution in [0.5, 0.6) is 23.0 Å². The number of ether oxygens (including phenoxy) is 4. The summed E-state index contributed by atoms with van der Waals surface area (Å²) in [5, 5.41) is 0. The Morgan fingerprint density at radius 2 is 1.64 bits per heavy atom. The van der Waals surface area contributed by atoms with Crippen molar-refractivity contribution in [1.82, 2.24) is 9.80 Å². The van der Waals surface area contributed by atoms with Gasteiger partial charge in [-0.05, 0) is 61.1 Å². The van der Waals surface area contributed by atoms with Gasteiger partial charge < -0.3 is 28.7 Å². The molecule has 2 amide bonds. The molecular formula is C27H30N2O7. The van der Waals surface area contributed by atoms with Gasteiger partial charge in [0.2, 0.25) is 11.7 Å². The minimum atomic E-state index is -0.710. The molecule has 190 valence electrons. The number of Topliss-reactive ketones (excluding diaryl/α,β-unsaturated/α-hetero) is 1. The number of nitrogens with zero attached hydrogens (tertiary/aromatic N) is 2. The van der Waals surface area contributed by atoms with E-state index in [4.69, 9.17) is 18.9 Å². The average molecular weight is 495 g/mol. The molecule has 2 saturated heterocycles. The Hall–Kier alpha value is -3.75. The van der Waals surface area contributed by atoms with Crippen LogP contribution < -0.4 is 18.9 Å². The smallest absolute Gasteiger partial charge is 0.295 e. The van der Waals surface area contributed by atoms with Crippen LogP contribution in [0.1, 0.15) is 46.8 Å². The van der Waals surface area contributed by atoms with Crippen molar-refractivity contribution in [1.29, 1.82) is 0 Å². The van der Waals surface area contributed by atoms with Crippen LogP contribution in [0.4, 0.5) is 0 Å². The van der Waals surface area contributed by atoms with Crippen LogP contribution in [-0.4, -0.2) is 74.5 Å². The Balaban J connectivity index is 1.53. The quantitative estimate of drug-likeness (QED) is 0.450. The predicted molar refractivity (Wildman–Crippen MR) is 130 cm³/mol. The van der Waals surface area contributed by atoms with Crippen LogP contribution in [0, 0.1) is 0 Å². The summed E-state index contributed by atoms with van der Waals surface area (Å²) in [6.07, 6.45) is 2.80. The zero-order valence-corrected chi connectivity index (χ0v) is 20.9. The van der Waals surface area contributed by atoms with Gasteiger partial charge in [0.25, 0.3) is 11.7 Å². The van der Waals surface area contributed by atoms with E-state index in [1.54, 1.807) is 7.11 Å². The SMILES string of the molecule is COc1ccc2c(c1)CCN1C(=O)[C@@H]3CCC[C@H](C21)N3C(=O)C(=O)c1cc(OC)c(OC)c(OC)c1. The molecule has 2 aromatic carbocycles. The third-order valence-electron chi connectivity index (χ3n) is 7.59. The summed E-state index contributed by atoms with van der Waals surface area (Å²) in [4.78, 5) is 44.3. The number of hydrogen-bond donors (Lipinski definition) is 0. The van der Waals surface area contributed by atoms with E-state index in [9.17, 15) is 14.4 Å². The molecule has 0 aliphatic carbocycles. The zero-order chi connectivity index (χ0) is 25.6. The lowest BCUT2D eigenvalue weighted by atomic mass is 9.78. The fourth-order valence-electron chi connectivity index (χ4n) is 5.94. The van der Waals surface area contributed by atoms with Gasteiger partial charge in [0, 0.05) is 12.1 Å². The molecule has 2 bridgehead atoms. The minimum Gasteiger partial charge on any atom is -0.497 e. The van der Waals surface area contributed by atoms with Crippen molar-refractivity contribution in [3.05, 3.63) is 47.0 Å². The zero-order valence-electron chi connectivity index (χ0n) is 20.9. The monoisotopic (exact) mass is 494 g/mol. The normalized spacial score (nSPS) is 22.3. The first kappa shape index (κ1) is 24.0. The number of ketones is 1. The van der Waals surface area contributed by atoms with Crippen LogP contribution in [0.25, 0.3) is 0 Å². The number of fused-ring (bicyclic) bond motifs is 6. The number of hydrogen-bond acceptors (Lipinski definition) is 7. The number of methoxy groups -OCH3 is 4. The first-order valence-electron chi connectivity index (χ1n) is 12.1. The molecule has 0 radical (unpaired) electrons. The molecular weight excluding hydrogens is 464 g/mol. The highest BCUT2D eigenvalue weighted by atomic mass is 16.5. The first-order valence-corrected chi connectivity index (χ1v) is 12.1. The van der Waals surface area contributed by atoms with Crippen LogP contribution >= 0.6 is 0 Å². The Morgan fingerprint density at radius 3 is 2.28 bits per heavy atom. The van der Waals surface area contributed by atoms with E-state index < -0.39 is 17.7 Å². The van der Waals surface area contributed by atoms with Crippen molar-refractivity contribution in [2.45, 2.75) is 43.8 Å². The number of amides is 2. The molecule has 5 rings (SSSR count). The molecule has 9 heteroatoms. The Morgan fingerprint density at radius 1 is 0.917 bits per heavy atom. The Labute approximate surface area is 209 Å². The molecule has 3 aliphatic rings. The van der Waals surface area contributed by atoms with Crippen molar-refractivity contribution in [3.8, 4) is 23.0 Å². The third kappa shape index (κ3) is 3.65. The first-order chi connectivity index (χ1) is 17.4. The number of rotatable bonds is 6. The number of benzene rings is 2. The highest BCUT2D eigenvalue weighted by Gasteiger charge is 2.53. The van der Waals surface area contributed by atoms with Gasteiger partial charge in [0.15, 0.2) is 11.5 Å². The van der Waals surface area contributed by atoms with E-state index in [-0.39, 0.29) is 35.1 Å². The van der Waals surface area contributed by atoms with Gasteiger partial charge in [-0.15, -0.1) is 0 Å². The van der Waals surface area contributed by atoms with Crippen molar-refractivity contribution in [2.75, 3.05) is 35.0 Å². The highest BCUT2D eigenvalue weighted by Crippen LogP contribution is 2.45. The molecule has 0 spiro atoms. The van der Waals surface area contributed by atoms with Crippen molar-refractivity contribution in [2.24, 2.45) is 0 Å². The highest BCUT2D eigenvalue weighted by molar-refractivity contribution is 6.43. The van der Waals surface area contributed by atoms with E-state index in [1.807, 2.05) is 23.1 Å². The summed E-state index contributed by atoms with van der Waals surface area (Å²) in [6, 6.07) is 7.59. The number of carbonyl (C=O) groups is 3. The van der Waals surface area contributed by atoms with Gasteiger partial charge in [-0.2, -0.15) is 0 Å². The molecule has 2 aromatic rings. The van der Waals surface area contributed by atoms with Crippen molar-refractivity contribution >= 4 is 17.6 Å². The maximum atomic E-state index is 13.8. The molecule has 0 aromatic heterocycles. The van der Waals surface area contributed by atoms with Gasteiger partial charge >= 0.3 is 0 Å². The van der Waals surface area contributed by atoms with E-state index >= 15 is 0 Å². The number of piperidine rings is 1. The summed E-state index contributed by atoms with van der Waals surface area (Å²) in [7, 11) is 6.00. The molecule has 3 heterocycles. The van der Waals surface area contributed by atoms with E-state index in [0.29, 0.717) is 25.1 Å². The number of piperazine rings is 1. The van der Waals surface area contributed by atoms with Gasteiger partial charge in [0.05, 0.1) is 40.5 Å². The standard InChI is InChI=1S/C27H30N2O7/c1-33-17-8-9-18-15(12-17)10-11-28-23(18)19-6-5-7-20(26(28)31)29(19)27(32)24(30)16-13-21(34-2)25(36-4)22(14-16)35-3/h8-9,12-14,19-20,23H,5-7,10-11H2,1-4H3/t19-,20+,23?/m1/s1. The Bertz CT molecular complexity index is 1200. The van der Waals surface area contributed by atoms with Gasteiger partial charge in [-0.3, -0.25) is 14.4 Å². The topological polar surface area (TPSA) is 94.6 Å². The van der Waals surface area contributed by atoms with Gasteiger partial charge in [-0.25, -0.2) is 0 Å². The van der Waals surface area contributed by atoms with Crippen LogP contribution in [0.3, 0.4) is 0 Å².